The van der Waals surface area contributed by atoms with Gasteiger partial charge in [-0.1, -0.05) is 91.0 Å². The molecule has 4 rings (SSSR count). The second-order valence-electron chi connectivity index (χ2n) is 8.55. The fourth-order valence-electron chi connectivity index (χ4n) is 4.41. The number of hydrogen-bond acceptors (Lipinski definition) is 3. The van der Waals surface area contributed by atoms with Crippen LogP contribution in [0, 0.1) is 17.2 Å². The van der Waals surface area contributed by atoms with Crippen molar-refractivity contribution in [3.63, 3.8) is 0 Å². The first-order valence-electron chi connectivity index (χ1n) is 11.5. The van der Waals surface area contributed by atoms with Gasteiger partial charge in [-0.15, -0.1) is 0 Å². The predicted octanol–water partition coefficient (Wildman–Crippen LogP) is 5.25. The van der Waals surface area contributed by atoms with Crippen molar-refractivity contribution in [3.05, 3.63) is 119 Å². The second kappa shape index (κ2) is 11.2. The van der Waals surface area contributed by atoms with E-state index >= 15 is 0 Å². The zero-order valence-electron chi connectivity index (χ0n) is 18.7. The summed E-state index contributed by atoms with van der Waals surface area (Å²) in [5, 5.41) is 12.8. The minimum atomic E-state index is -0.346. The summed E-state index contributed by atoms with van der Waals surface area (Å²) in [7, 11) is 0. The maximum absolute atomic E-state index is 13.1. The van der Waals surface area contributed by atoms with E-state index in [-0.39, 0.29) is 17.5 Å². The number of nitrogens with one attached hydrogen (secondary N) is 1. The lowest BCUT2D eigenvalue weighted by molar-refractivity contribution is -0.117. The largest absolute Gasteiger partial charge is 0.376 e. The molecule has 166 valence electrons. The standard InChI is InChI=1S/C29H29N3O/c30-21-27(22-32-18-16-24(17-19-32)20-23-10-4-1-5-11-23)29(33)31-28(25-12-6-2-7-13-25)26-14-8-3-9-15-26/h1-15,22,24,28H,16-20H2,(H,31,33)/b27-22-. The van der Waals surface area contributed by atoms with Crippen LogP contribution in [0.4, 0.5) is 0 Å². The first kappa shape index (κ1) is 22.4. The van der Waals surface area contributed by atoms with Gasteiger partial charge in [0, 0.05) is 19.3 Å². The molecule has 0 spiro atoms. The van der Waals surface area contributed by atoms with Gasteiger partial charge >= 0.3 is 0 Å². The molecule has 1 fully saturated rings. The van der Waals surface area contributed by atoms with Crippen molar-refractivity contribution in [3.8, 4) is 6.07 Å². The van der Waals surface area contributed by atoms with E-state index in [2.05, 4.69) is 40.6 Å². The summed E-state index contributed by atoms with van der Waals surface area (Å²) in [6.07, 6.45) is 4.94. The normalized spacial score (nSPS) is 14.7. The van der Waals surface area contributed by atoms with Crippen LogP contribution in [-0.4, -0.2) is 23.9 Å². The van der Waals surface area contributed by atoms with Crippen LogP contribution in [-0.2, 0) is 11.2 Å². The third-order valence-corrected chi connectivity index (χ3v) is 6.23. The fraction of sp³-hybridized carbons (Fsp3) is 0.241. The van der Waals surface area contributed by atoms with Crippen LogP contribution in [0.3, 0.4) is 0 Å². The molecule has 0 aliphatic carbocycles. The summed E-state index contributed by atoms with van der Waals surface area (Å²) < 4.78 is 0. The SMILES string of the molecule is N#C/C(=C/N1CCC(Cc2ccccc2)CC1)C(=O)NC(c1ccccc1)c1ccccc1. The summed E-state index contributed by atoms with van der Waals surface area (Å²) in [6.45, 7) is 1.72. The Hall–Kier alpha value is -3.84. The van der Waals surface area contributed by atoms with Gasteiger partial charge in [-0.2, -0.15) is 5.26 Å². The number of amides is 1. The Morgan fingerprint density at radius 2 is 1.42 bits per heavy atom. The van der Waals surface area contributed by atoms with Gasteiger partial charge in [0.25, 0.3) is 5.91 Å². The molecule has 0 unspecified atom stereocenters. The van der Waals surface area contributed by atoms with Crippen LogP contribution >= 0.6 is 0 Å². The molecule has 0 saturated carbocycles. The average molecular weight is 436 g/mol. The van der Waals surface area contributed by atoms with Gasteiger partial charge in [-0.05, 0) is 41.9 Å². The lowest BCUT2D eigenvalue weighted by Gasteiger charge is -2.31. The van der Waals surface area contributed by atoms with Gasteiger partial charge in [-0.3, -0.25) is 4.79 Å². The molecule has 1 N–H and O–H groups in total. The lowest BCUT2D eigenvalue weighted by Crippen LogP contribution is -2.34. The number of rotatable bonds is 7. The van der Waals surface area contributed by atoms with Gasteiger partial charge < -0.3 is 10.2 Å². The molecule has 3 aromatic carbocycles. The third-order valence-electron chi connectivity index (χ3n) is 6.23. The minimum absolute atomic E-state index is 0.147. The Kier molecular flexibility index (Phi) is 7.56. The smallest absolute Gasteiger partial charge is 0.264 e. The van der Waals surface area contributed by atoms with Gasteiger partial charge in [0.1, 0.15) is 11.6 Å². The average Bonchev–Trinajstić information content (AvgIpc) is 2.88. The van der Waals surface area contributed by atoms with Gasteiger partial charge in [0.2, 0.25) is 0 Å². The summed E-state index contributed by atoms with van der Waals surface area (Å²) in [6, 6.07) is 32.1. The van der Waals surface area contributed by atoms with E-state index in [0.717, 1.165) is 43.5 Å². The van der Waals surface area contributed by atoms with Gasteiger partial charge in [-0.25, -0.2) is 0 Å². The molecule has 33 heavy (non-hydrogen) atoms. The topological polar surface area (TPSA) is 56.1 Å². The molecule has 1 saturated heterocycles. The summed E-state index contributed by atoms with van der Waals surface area (Å²) >= 11 is 0. The molecule has 1 aliphatic heterocycles. The van der Waals surface area contributed by atoms with E-state index in [1.54, 1.807) is 6.20 Å². The molecule has 4 nitrogen and oxygen atoms in total. The summed E-state index contributed by atoms with van der Waals surface area (Å²) in [5.41, 5.74) is 3.48. The molecule has 0 bridgehead atoms. The lowest BCUT2D eigenvalue weighted by atomic mass is 9.90. The number of carbonyl (C=O) groups excluding carboxylic acids is 1. The number of nitrogens with zero attached hydrogens (tertiary/aromatic N) is 2. The quantitative estimate of drug-likeness (QED) is 0.407. The van der Waals surface area contributed by atoms with Crippen LogP contribution in [0.15, 0.2) is 103 Å². The fourth-order valence-corrected chi connectivity index (χ4v) is 4.41. The Balaban J connectivity index is 1.41. The Morgan fingerprint density at radius 1 is 0.909 bits per heavy atom. The molecule has 3 aromatic rings. The third kappa shape index (κ3) is 6.11. The van der Waals surface area contributed by atoms with Crippen molar-refractivity contribution in [2.24, 2.45) is 5.92 Å². The zero-order valence-corrected chi connectivity index (χ0v) is 18.7. The number of benzene rings is 3. The van der Waals surface area contributed by atoms with E-state index in [1.807, 2.05) is 66.7 Å². The van der Waals surface area contributed by atoms with Crippen molar-refractivity contribution < 1.29 is 4.79 Å². The van der Waals surface area contributed by atoms with Crippen LogP contribution < -0.4 is 5.32 Å². The first-order chi connectivity index (χ1) is 16.2. The van der Waals surface area contributed by atoms with Crippen molar-refractivity contribution >= 4 is 5.91 Å². The van der Waals surface area contributed by atoms with Crippen LogP contribution in [0.2, 0.25) is 0 Å². The first-order valence-corrected chi connectivity index (χ1v) is 11.5. The van der Waals surface area contributed by atoms with Gasteiger partial charge in [0.05, 0.1) is 6.04 Å². The van der Waals surface area contributed by atoms with Crippen molar-refractivity contribution in [2.45, 2.75) is 25.3 Å². The number of nitriles is 1. The highest BCUT2D eigenvalue weighted by Gasteiger charge is 2.22. The Bertz CT molecular complexity index is 1060. The van der Waals surface area contributed by atoms with Crippen molar-refractivity contribution in [1.29, 1.82) is 5.26 Å². The molecule has 1 heterocycles. The minimum Gasteiger partial charge on any atom is -0.376 e. The molecule has 0 aromatic heterocycles. The zero-order chi connectivity index (χ0) is 22.9. The highest BCUT2D eigenvalue weighted by atomic mass is 16.1. The molecule has 4 heteroatoms. The number of piperidine rings is 1. The van der Waals surface area contributed by atoms with Crippen molar-refractivity contribution in [1.82, 2.24) is 10.2 Å². The number of carbonyl (C=O) groups is 1. The second-order valence-corrected chi connectivity index (χ2v) is 8.55. The van der Waals surface area contributed by atoms with Crippen LogP contribution in [0.25, 0.3) is 0 Å². The monoisotopic (exact) mass is 435 g/mol. The Morgan fingerprint density at radius 3 is 1.94 bits per heavy atom. The van der Waals surface area contributed by atoms with E-state index in [4.69, 9.17) is 0 Å². The highest BCUT2D eigenvalue weighted by molar-refractivity contribution is 5.97. The van der Waals surface area contributed by atoms with Crippen molar-refractivity contribution in [2.75, 3.05) is 13.1 Å². The highest BCUT2D eigenvalue weighted by Crippen LogP contribution is 2.24. The van der Waals surface area contributed by atoms with E-state index < -0.39 is 0 Å². The molecule has 1 aliphatic rings. The molecular weight excluding hydrogens is 406 g/mol. The Labute approximate surface area is 196 Å². The molecular formula is C29H29N3O. The maximum atomic E-state index is 13.1. The maximum Gasteiger partial charge on any atom is 0.264 e. The molecule has 0 radical (unpaired) electrons. The van der Waals surface area contributed by atoms with E-state index in [1.165, 1.54) is 5.56 Å². The summed E-state index contributed by atoms with van der Waals surface area (Å²) in [4.78, 5) is 15.2. The van der Waals surface area contributed by atoms with Crippen LogP contribution in [0.5, 0.6) is 0 Å². The van der Waals surface area contributed by atoms with Gasteiger partial charge in [0.15, 0.2) is 0 Å². The number of likely N-dealkylation sites (tertiary alicyclic amines) is 1. The summed E-state index contributed by atoms with van der Waals surface area (Å²) in [5.74, 6) is 0.290. The van der Waals surface area contributed by atoms with Crippen LogP contribution in [0.1, 0.15) is 35.6 Å². The number of hydrogen-bond donors (Lipinski definition) is 1. The molecule has 0 atom stereocenters. The van der Waals surface area contributed by atoms with E-state index in [9.17, 15) is 10.1 Å². The van der Waals surface area contributed by atoms with E-state index in [0.29, 0.717) is 5.92 Å². The predicted molar refractivity (Wildman–Crippen MR) is 131 cm³/mol. The molecule has 1 amide bonds.